The van der Waals surface area contributed by atoms with Gasteiger partial charge in [0.25, 0.3) is 5.92 Å². The zero-order valence-electron chi connectivity index (χ0n) is 6.85. The molecule has 2 N–H and O–H groups in total. The van der Waals surface area contributed by atoms with Gasteiger partial charge in [-0.1, -0.05) is 6.07 Å². The van der Waals surface area contributed by atoms with Crippen molar-refractivity contribution < 1.29 is 13.9 Å². The number of hydrogen-bond donors (Lipinski definition) is 2. The molecule has 13 heavy (non-hydrogen) atoms. The lowest BCUT2D eigenvalue weighted by atomic mass is 9.98. The Balaban J connectivity index is 2.55. The first-order chi connectivity index (χ1) is 6.09. The standard InChI is InChI=1S/C9H9F2NO/c10-9(11)5-12-4-6-1-2-7(13)3-8(6)9/h1-3,12-13H,4-5H2. The number of aromatic hydroxyl groups is 1. The van der Waals surface area contributed by atoms with Gasteiger partial charge in [-0.15, -0.1) is 0 Å². The van der Waals surface area contributed by atoms with Gasteiger partial charge in [0, 0.05) is 12.1 Å². The van der Waals surface area contributed by atoms with Crippen LogP contribution in [-0.2, 0) is 12.5 Å². The van der Waals surface area contributed by atoms with Crippen LogP contribution in [0.25, 0.3) is 0 Å². The Hall–Kier alpha value is -1.16. The van der Waals surface area contributed by atoms with Crippen LogP contribution in [-0.4, -0.2) is 11.7 Å². The summed E-state index contributed by atoms with van der Waals surface area (Å²) in [4.78, 5) is 0. The van der Waals surface area contributed by atoms with Crippen molar-refractivity contribution in [3.8, 4) is 5.75 Å². The largest absolute Gasteiger partial charge is 0.508 e. The highest BCUT2D eigenvalue weighted by Crippen LogP contribution is 2.34. The lowest BCUT2D eigenvalue weighted by molar-refractivity contribution is -0.0110. The van der Waals surface area contributed by atoms with E-state index in [1.165, 1.54) is 12.1 Å². The van der Waals surface area contributed by atoms with E-state index in [0.29, 0.717) is 12.1 Å². The fourth-order valence-corrected chi connectivity index (χ4v) is 1.51. The number of hydrogen-bond acceptors (Lipinski definition) is 2. The first-order valence-corrected chi connectivity index (χ1v) is 4.00. The normalized spacial score (nSPS) is 19.5. The molecule has 0 amide bonds. The average Bonchev–Trinajstić information content (AvgIpc) is 2.06. The molecule has 0 unspecified atom stereocenters. The Morgan fingerprint density at radius 3 is 2.92 bits per heavy atom. The first kappa shape index (κ1) is 8.44. The van der Waals surface area contributed by atoms with E-state index in [1.807, 2.05) is 0 Å². The highest BCUT2D eigenvalue weighted by molar-refractivity contribution is 5.39. The quantitative estimate of drug-likeness (QED) is 0.643. The van der Waals surface area contributed by atoms with Crippen molar-refractivity contribution in [2.45, 2.75) is 12.5 Å². The van der Waals surface area contributed by atoms with Crippen LogP contribution >= 0.6 is 0 Å². The molecule has 0 saturated heterocycles. The minimum absolute atomic E-state index is 0.0637. The molecule has 1 aromatic carbocycles. The maximum Gasteiger partial charge on any atom is 0.285 e. The number of rotatable bonds is 0. The van der Waals surface area contributed by atoms with Crippen LogP contribution in [0.3, 0.4) is 0 Å². The van der Waals surface area contributed by atoms with E-state index in [9.17, 15) is 8.78 Å². The summed E-state index contributed by atoms with van der Waals surface area (Å²) in [5, 5.41) is 11.7. The lowest BCUT2D eigenvalue weighted by Gasteiger charge is -2.25. The van der Waals surface area contributed by atoms with E-state index in [2.05, 4.69) is 5.32 Å². The molecule has 0 saturated carbocycles. The summed E-state index contributed by atoms with van der Waals surface area (Å²) < 4.78 is 26.4. The van der Waals surface area contributed by atoms with Gasteiger partial charge >= 0.3 is 0 Å². The van der Waals surface area contributed by atoms with Gasteiger partial charge in [-0.25, -0.2) is 0 Å². The molecule has 0 fully saturated rings. The minimum atomic E-state index is -2.87. The van der Waals surface area contributed by atoms with Crippen molar-refractivity contribution in [2.24, 2.45) is 0 Å². The summed E-state index contributed by atoms with van der Waals surface area (Å²) in [7, 11) is 0. The molecule has 0 atom stereocenters. The minimum Gasteiger partial charge on any atom is -0.508 e. The highest BCUT2D eigenvalue weighted by atomic mass is 19.3. The molecule has 4 heteroatoms. The van der Waals surface area contributed by atoms with Crippen LogP contribution in [0.5, 0.6) is 5.75 Å². The molecule has 0 aliphatic carbocycles. The Morgan fingerprint density at radius 1 is 1.38 bits per heavy atom. The number of halogens is 2. The molecule has 0 radical (unpaired) electrons. The summed E-state index contributed by atoms with van der Waals surface area (Å²) >= 11 is 0. The van der Waals surface area contributed by atoms with E-state index < -0.39 is 5.92 Å². The van der Waals surface area contributed by atoms with E-state index in [-0.39, 0.29) is 17.9 Å². The summed E-state index contributed by atoms with van der Waals surface area (Å²) in [6.45, 7) is 0.0780. The second-order valence-electron chi connectivity index (χ2n) is 3.15. The van der Waals surface area contributed by atoms with Crippen molar-refractivity contribution in [1.82, 2.24) is 5.32 Å². The summed E-state index contributed by atoms with van der Waals surface area (Å²) in [5.74, 6) is -2.98. The third-order valence-corrected chi connectivity index (χ3v) is 2.15. The van der Waals surface area contributed by atoms with Crippen molar-refractivity contribution in [2.75, 3.05) is 6.54 Å². The predicted molar refractivity (Wildman–Crippen MR) is 43.7 cm³/mol. The second-order valence-corrected chi connectivity index (χ2v) is 3.15. The van der Waals surface area contributed by atoms with Crippen molar-refractivity contribution in [3.63, 3.8) is 0 Å². The van der Waals surface area contributed by atoms with Crippen molar-refractivity contribution in [3.05, 3.63) is 29.3 Å². The molecule has 1 aliphatic heterocycles. The van der Waals surface area contributed by atoms with Gasteiger partial charge in [-0.05, 0) is 17.7 Å². The van der Waals surface area contributed by atoms with E-state index >= 15 is 0 Å². The van der Waals surface area contributed by atoms with Crippen LogP contribution in [0, 0.1) is 0 Å². The number of benzene rings is 1. The first-order valence-electron chi connectivity index (χ1n) is 4.00. The maximum absolute atomic E-state index is 13.2. The number of phenols is 1. The van der Waals surface area contributed by atoms with Crippen LogP contribution in [0.15, 0.2) is 18.2 Å². The van der Waals surface area contributed by atoms with Crippen LogP contribution < -0.4 is 5.32 Å². The Bertz CT molecular complexity index is 338. The third kappa shape index (κ3) is 1.37. The predicted octanol–water partition coefficient (Wildman–Crippen LogP) is 1.59. The van der Waals surface area contributed by atoms with Crippen LogP contribution in [0.1, 0.15) is 11.1 Å². The van der Waals surface area contributed by atoms with Gasteiger partial charge in [-0.3, -0.25) is 0 Å². The molecular formula is C9H9F2NO. The summed E-state index contributed by atoms with van der Waals surface area (Å²) in [6.07, 6.45) is 0. The van der Waals surface area contributed by atoms with Gasteiger partial charge in [0.05, 0.1) is 6.54 Å². The average molecular weight is 185 g/mol. The summed E-state index contributed by atoms with van der Waals surface area (Å²) in [6, 6.07) is 4.07. The van der Waals surface area contributed by atoms with E-state index in [0.717, 1.165) is 6.07 Å². The van der Waals surface area contributed by atoms with Gasteiger partial charge in [0.2, 0.25) is 0 Å². The van der Waals surface area contributed by atoms with E-state index in [4.69, 9.17) is 5.11 Å². The monoisotopic (exact) mass is 185 g/mol. The number of nitrogens with one attached hydrogen (secondary N) is 1. The molecule has 2 rings (SSSR count). The molecule has 2 nitrogen and oxygen atoms in total. The molecule has 0 bridgehead atoms. The zero-order valence-corrected chi connectivity index (χ0v) is 6.85. The SMILES string of the molecule is Oc1ccc2c(c1)C(F)(F)CNC2. The molecule has 70 valence electrons. The number of alkyl halides is 2. The second kappa shape index (κ2) is 2.67. The number of phenolic OH excluding ortho intramolecular Hbond substituents is 1. The Labute approximate surface area is 74.2 Å². The fourth-order valence-electron chi connectivity index (χ4n) is 1.51. The molecular weight excluding hydrogens is 176 g/mol. The third-order valence-electron chi connectivity index (χ3n) is 2.15. The molecule has 0 spiro atoms. The highest BCUT2D eigenvalue weighted by Gasteiger charge is 2.36. The fraction of sp³-hybridized carbons (Fsp3) is 0.333. The van der Waals surface area contributed by atoms with E-state index in [1.54, 1.807) is 0 Å². The molecule has 0 aromatic heterocycles. The lowest BCUT2D eigenvalue weighted by Crippen LogP contribution is -2.36. The van der Waals surface area contributed by atoms with Gasteiger partial charge in [0.1, 0.15) is 5.75 Å². The summed E-state index contributed by atoms with van der Waals surface area (Å²) in [5.41, 5.74) is 0.486. The number of fused-ring (bicyclic) bond motifs is 1. The Kier molecular flexibility index (Phi) is 1.73. The van der Waals surface area contributed by atoms with Crippen LogP contribution in [0.2, 0.25) is 0 Å². The smallest absolute Gasteiger partial charge is 0.285 e. The van der Waals surface area contributed by atoms with Crippen molar-refractivity contribution in [1.29, 1.82) is 0 Å². The molecule has 1 aromatic rings. The zero-order chi connectivity index (χ0) is 9.47. The van der Waals surface area contributed by atoms with Crippen molar-refractivity contribution >= 4 is 0 Å². The van der Waals surface area contributed by atoms with Crippen LogP contribution in [0.4, 0.5) is 8.78 Å². The molecule has 1 aliphatic rings. The molecule has 1 heterocycles. The van der Waals surface area contributed by atoms with Gasteiger partial charge in [-0.2, -0.15) is 8.78 Å². The van der Waals surface area contributed by atoms with Gasteiger partial charge in [0.15, 0.2) is 0 Å². The topological polar surface area (TPSA) is 32.3 Å². The van der Waals surface area contributed by atoms with Gasteiger partial charge < -0.3 is 10.4 Å². The maximum atomic E-state index is 13.2. The Morgan fingerprint density at radius 2 is 2.15 bits per heavy atom.